The number of carbonyl (C=O) groups excluding carboxylic acids is 1. The Morgan fingerprint density at radius 3 is 2.30 bits per heavy atom. The highest BCUT2D eigenvalue weighted by Crippen LogP contribution is 2.12. The summed E-state index contributed by atoms with van der Waals surface area (Å²) in [4.78, 5) is 12.0. The summed E-state index contributed by atoms with van der Waals surface area (Å²) in [7, 11) is 1.60. The normalized spacial score (nSPS) is 11.7. The first kappa shape index (κ1) is 14.1. The molecule has 0 saturated heterocycles. The third-order valence-electron chi connectivity index (χ3n) is 3.05. The van der Waals surface area contributed by atoms with Crippen LogP contribution in [0.15, 0.2) is 54.6 Å². The van der Waals surface area contributed by atoms with Gasteiger partial charge in [0.2, 0.25) is 0 Å². The zero-order chi connectivity index (χ0) is 14.4. The molecule has 4 heteroatoms. The molecule has 0 aliphatic carbocycles. The fraction of sp³-hybridized carbons (Fsp3) is 0.188. The first-order chi connectivity index (χ1) is 9.70. The average Bonchev–Trinajstić information content (AvgIpc) is 2.53. The van der Waals surface area contributed by atoms with Crippen molar-refractivity contribution in [3.05, 3.63) is 65.7 Å². The molecule has 0 radical (unpaired) electrons. The van der Waals surface area contributed by atoms with E-state index < -0.39 is 0 Å². The van der Waals surface area contributed by atoms with Crippen LogP contribution in [0.4, 0.5) is 0 Å². The highest BCUT2D eigenvalue weighted by atomic mass is 16.5. The number of rotatable bonds is 5. The lowest BCUT2D eigenvalue weighted by Gasteiger charge is -2.15. The second-order valence-corrected chi connectivity index (χ2v) is 4.46. The number of hydrogen-bond donors (Lipinski definition) is 2. The van der Waals surface area contributed by atoms with Crippen LogP contribution in [0.2, 0.25) is 0 Å². The summed E-state index contributed by atoms with van der Waals surface area (Å²) < 4.78 is 5.06. The molecule has 1 unspecified atom stereocenters. The van der Waals surface area contributed by atoms with E-state index in [-0.39, 0.29) is 11.9 Å². The third-order valence-corrected chi connectivity index (χ3v) is 3.05. The highest BCUT2D eigenvalue weighted by molar-refractivity contribution is 5.93. The van der Waals surface area contributed by atoms with Crippen molar-refractivity contribution in [3.63, 3.8) is 0 Å². The SMILES string of the molecule is COc1ccc(C(=O)NNC(C)c2ccccc2)cc1. The van der Waals surface area contributed by atoms with Crippen LogP contribution in [-0.4, -0.2) is 13.0 Å². The molecule has 0 aliphatic rings. The summed E-state index contributed by atoms with van der Waals surface area (Å²) in [6.45, 7) is 1.99. The average molecular weight is 270 g/mol. The van der Waals surface area contributed by atoms with Crippen molar-refractivity contribution in [1.29, 1.82) is 0 Å². The van der Waals surface area contributed by atoms with Crippen molar-refractivity contribution in [1.82, 2.24) is 10.9 Å². The van der Waals surface area contributed by atoms with E-state index in [2.05, 4.69) is 10.9 Å². The molecule has 0 spiro atoms. The minimum atomic E-state index is -0.171. The van der Waals surface area contributed by atoms with Gasteiger partial charge in [0.15, 0.2) is 0 Å². The molecule has 1 atom stereocenters. The predicted octanol–water partition coefficient (Wildman–Crippen LogP) is 2.69. The predicted molar refractivity (Wildman–Crippen MR) is 78.5 cm³/mol. The van der Waals surface area contributed by atoms with Crippen molar-refractivity contribution in [2.24, 2.45) is 0 Å². The zero-order valence-electron chi connectivity index (χ0n) is 11.6. The number of hydrazine groups is 1. The van der Waals surface area contributed by atoms with Crippen molar-refractivity contribution >= 4 is 5.91 Å². The van der Waals surface area contributed by atoms with Crippen LogP contribution in [0.25, 0.3) is 0 Å². The second-order valence-electron chi connectivity index (χ2n) is 4.46. The summed E-state index contributed by atoms with van der Waals surface area (Å²) in [5, 5.41) is 0. The maximum absolute atomic E-state index is 12.0. The van der Waals surface area contributed by atoms with E-state index in [9.17, 15) is 4.79 Å². The Morgan fingerprint density at radius 1 is 1.05 bits per heavy atom. The lowest BCUT2D eigenvalue weighted by atomic mass is 10.1. The maximum atomic E-state index is 12.0. The third kappa shape index (κ3) is 3.59. The van der Waals surface area contributed by atoms with Gasteiger partial charge in [-0.25, -0.2) is 5.43 Å². The molecule has 0 aliphatic heterocycles. The van der Waals surface area contributed by atoms with E-state index in [1.165, 1.54) is 0 Å². The molecule has 104 valence electrons. The number of carbonyl (C=O) groups is 1. The molecule has 0 bridgehead atoms. The first-order valence-corrected chi connectivity index (χ1v) is 6.45. The molecule has 1 amide bonds. The summed E-state index contributed by atoms with van der Waals surface area (Å²) in [6.07, 6.45) is 0. The lowest BCUT2D eigenvalue weighted by molar-refractivity contribution is 0.0926. The number of ether oxygens (including phenoxy) is 1. The van der Waals surface area contributed by atoms with Gasteiger partial charge in [-0.05, 0) is 36.8 Å². The van der Waals surface area contributed by atoms with Gasteiger partial charge in [0.05, 0.1) is 7.11 Å². The van der Waals surface area contributed by atoms with Gasteiger partial charge in [-0.1, -0.05) is 30.3 Å². The van der Waals surface area contributed by atoms with Gasteiger partial charge in [-0.3, -0.25) is 10.2 Å². The molecular formula is C16H18N2O2. The molecule has 4 nitrogen and oxygen atoms in total. The fourth-order valence-corrected chi connectivity index (χ4v) is 1.81. The van der Waals surface area contributed by atoms with Crippen LogP contribution in [0.1, 0.15) is 28.9 Å². The number of amides is 1. The Kier molecular flexibility index (Phi) is 4.74. The molecule has 0 fully saturated rings. The first-order valence-electron chi connectivity index (χ1n) is 6.45. The number of hydrogen-bond acceptors (Lipinski definition) is 3. The molecule has 2 rings (SSSR count). The summed E-state index contributed by atoms with van der Waals surface area (Å²) in [6, 6.07) is 16.9. The molecule has 2 aromatic rings. The molecular weight excluding hydrogens is 252 g/mol. The van der Waals surface area contributed by atoms with Crippen LogP contribution >= 0.6 is 0 Å². The van der Waals surface area contributed by atoms with E-state index in [0.29, 0.717) is 5.56 Å². The van der Waals surface area contributed by atoms with E-state index in [0.717, 1.165) is 11.3 Å². The topological polar surface area (TPSA) is 50.4 Å². The summed E-state index contributed by atoms with van der Waals surface area (Å²) in [5.41, 5.74) is 7.40. The van der Waals surface area contributed by atoms with E-state index in [1.54, 1.807) is 31.4 Å². The standard InChI is InChI=1S/C16H18N2O2/c1-12(13-6-4-3-5-7-13)17-18-16(19)14-8-10-15(20-2)11-9-14/h3-12,17H,1-2H3,(H,18,19). The van der Waals surface area contributed by atoms with Crippen molar-refractivity contribution < 1.29 is 9.53 Å². The van der Waals surface area contributed by atoms with Gasteiger partial charge in [0.25, 0.3) is 5.91 Å². The lowest BCUT2D eigenvalue weighted by Crippen LogP contribution is -2.39. The Balaban J connectivity index is 1.91. The largest absolute Gasteiger partial charge is 0.497 e. The summed E-state index contributed by atoms with van der Waals surface area (Å²) >= 11 is 0. The van der Waals surface area contributed by atoms with Gasteiger partial charge in [0, 0.05) is 11.6 Å². The van der Waals surface area contributed by atoms with Crippen LogP contribution in [-0.2, 0) is 0 Å². The Labute approximate surface area is 118 Å². The van der Waals surface area contributed by atoms with Crippen molar-refractivity contribution in [2.75, 3.05) is 7.11 Å². The van der Waals surface area contributed by atoms with Gasteiger partial charge >= 0.3 is 0 Å². The summed E-state index contributed by atoms with van der Waals surface area (Å²) in [5.74, 6) is 0.558. The Morgan fingerprint density at radius 2 is 1.70 bits per heavy atom. The van der Waals surface area contributed by atoms with Crippen molar-refractivity contribution in [3.8, 4) is 5.75 Å². The van der Waals surface area contributed by atoms with Gasteiger partial charge in [-0.15, -0.1) is 0 Å². The molecule has 0 heterocycles. The van der Waals surface area contributed by atoms with Gasteiger partial charge in [0.1, 0.15) is 5.75 Å². The van der Waals surface area contributed by atoms with Crippen LogP contribution in [0, 0.1) is 0 Å². The van der Waals surface area contributed by atoms with E-state index in [4.69, 9.17) is 4.74 Å². The van der Waals surface area contributed by atoms with E-state index >= 15 is 0 Å². The van der Waals surface area contributed by atoms with Crippen LogP contribution in [0.3, 0.4) is 0 Å². The molecule has 20 heavy (non-hydrogen) atoms. The Bertz CT molecular complexity index is 552. The maximum Gasteiger partial charge on any atom is 0.265 e. The molecule has 2 N–H and O–H groups in total. The number of benzene rings is 2. The van der Waals surface area contributed by atoms with Crippen molar-refractivity contribution in [2.45, 2.75) is 13.0 Å². The molecule has 0 aromatic heterocycles. The minimum Gasteiger partial charge on any atom is -0.497 e. The minimum absolute atomic E-state index is 0.0402. The smallest absolute Gasteiger partial charge is 0.265 e. The highest BCUT2D eigenvalue weighted by Gasteiger charge is 2.08. The fourth-order valence-electron chi connectivity index (χ4n) is 1.81. The number of methoxy groups -OCH3 is 1. The monoisotopic (exact) mass is 270 g/mol. The van der Waals surface area contributed by atoms with E-state index in [1.807, 2.05) is 37.3 Å². The van der Waals surface area contributed by atoms with Gasteiger partial charge < -0.3 is 4.74 Å². The molecule has 0 saturated carbocycles. The quantitative estimate of drug-likeness (QED) is 0.821. The van der Waals surface area contributed by atoms with Gasteiger partial charge in [-0.2, -0.15) is 0 Å². The van der Waals surface area contributed by atoms with Crippen LogP contribution in [0.5, 0.6) is 5.75 Å². The second kappa shape index (κ2) is 6.73. The number of nitrogens with one attached hydrogen (secondary N) is 2. The Hall–Kier alpha value is -2.33. The zero-order valence-corrected chi connectivity index (χ0v) is 11.6. The molecule has 2 aromatic carbocycles. The van der Waals surface area contributed by atoms with Crippen LogP contribution < -0.4 is 15.6 Å².